The lowest BCUT2D eigenvalue weighted by Crippen LogP contribution is -2.53. The first-order valence-corrected chi connectivity index (χ1v) is 8.61. The van der Waals surface area contributed by atoms with Crippen molar-refractivity contribution >= 4 is 29.6 Å². The second kappa shape index (κ2) is 7.96. The molecule has 3 atom stereocenters. The number of carboxylic acid groups (broad SMARTS) is 2. The van der Waals surface area contributed by atoms with Crippen molar-refractivity contribution in [1.29, 1.82) is 0 Å². The molecule has 0 saturated carbocycles. The first kappa shape index (κ1) is 20.1. The van der Waals surface area contributed by atoms with Gasteiger partial charge in [0.1, 0.15) is 6.04 Å². The van der Waals surface area contributed by atoms with Crippen molar-refractivity contribution < 1.29 is 29.7 Å². The number of aliphatic carboxylic acids is 2. The molecule has 1 heterocycles. The van der Waals surface area contributed by atoms with Crippen LogP contribution in [0.4, 0.5) is 0 Å². The van der Waals surface area contributed by atoms with Gasteiger partial charge in [-0.2, -0.15) is 0 Å². The maximum atomic E-state index is 12.0. The van der Waals surface area contributed by atoms with Crippen LogP contribution in [0.2, 0.25) is 0 Å². The maximum Gasteiger partial charge on any atom is 0.328 e. The molecule has 1 saturated heterocycles. The van der Waals surface area contributed by atoms with Crippen molar-refractivity contribution in [3.05, 3.63) is 35.6 Å². The van der Waals surface area contributed by atoms with Crippen LogP contribution in [0.1, 0.15) is 26.7 Å². The zero-order chi connectivity index (χ0) is 19.5. The standard InChI is InChI=1S/C17H18N2O6S/c1-17(2)13(16(24)25)19-14(26-17)12(15(22)23)18-11(21)8-7-10(20)9-5-3-4-6-9/h12-14,19-20H,7-8H2,1-2H3,(H,18,21)(H,22,23)(H,24,25)/p-1/t12-,13-,14-/m0/s1. The lowest BCUT2D eigenvalue weighted by Gasteiger charge is -2.22. The van der Waals surface area contributed by atoms with E-state index in [0.29, 0.717) is 0 Å². The zero-order valence-electron chi connectivity index (χ0n) is 14.1. The van der Waals surface area contributed by atoms with Gasteiger partial charge in [0.15, 0.2) is 6.04 Å². The highest BCUT2D eigenvalue weighted by Gasteiger charge is 2.49. The number of carbonyl (C=O) groups excluding carboxylic acids is 1. The van der Waals surface area contributed by atoms with Gasteiger partial charge in [0.2, 0.25) is 5.91 Å². The molecule has 1 aliphatic carbocycles. The summed E-state index contributed by atoms with van der Waals surface area (Å²) in [7, 11) is 0. The third-order valence-corrected chi connectivity index (χ3v) is 5.39. The van der Waals surface area contributed by atoms with E-state index in [4.69, 9.17) is 0 Å². The van der Waals surface area contributed by atoms with Crippen molar-refractivity contribution in [3.8, 4) is 0 Å². The number of carboxylic acids is 2. The Kier molecular flexibility index (Phi) is 6.14. The normalized spacial score (nSPS) is 24.5. The Morgan fingerprint density at radius 1 is 1.27 bits per heavy atom. The Labute approximate surface area is 155 Å². The highest BCUT2D eigenvalue weighted by atomic mass is 32.2. The molecule has 2 rings (SSSR count). The smallest absolute Gasteiger partial charge is 0.328 e. The monoisotopic (exact) mass is 377 g/mol. The molecule has 0 spiro atoms. The number of carbonyl (C=O) groups is 3. The molecule has 4 N–H and O–H groups in total. The number of nitrogens with one attached hydrogen (secondary N) is 2. The van der Waals surface area contributed by atoms with Gasteiger partial charge in [-0.3, -0.25) is 14.9 Å². The molecule has 1 fully saturated rings. The Morgan fingerprint density at radius 2 is 1.88 bits per heavy atom. The molecule has 4 radical (unpaired) electrons. The summed E-state index contributed by atoms with van der Waals surface area (Å²) in [5.74, 6) is -3.38. The predicted molar refractivity (Wildman–Crippen MR) is 88.8 cm³/mol. The van der Waals surface area contributed by atoms with Crippen LogP contribution in [0.25, 0.3) is 0 Å². The molecular weight excluding hydrogens is 360 g/mol. The minimum atomic E-state index is -1.33. The average Bonchev–Trinajstić information content (AvgIpc) is 3.17. The minimum absolute atomic E-state index is 0.134. The maximum absolute atomic E-state index is 12.0. The molecule has 0 aromatic rings. The fourth-order valence-corrected chi connectivity index (χ4v) is 4.03. The van der Waals surface area contributed by atoms with Crippen LogP contribution < -0.4 is 15.7 Å². The third kappa shape index (κ3) is 4.67. The van der Waals surface area contributed by atoms with Gasteiger partial charge < -0.3 is 20.6 Å². The summed E-state index contributed by atoms with van der Waals surface area (Å²) < 4.78 is -0.749. The zero-order valence-corrected chi connectivity index (χ0v) is 14.9. The summed E-state index contributed by atoms with van der Waals surface area (Å²) in [6, 6.07) is -2.28. The van der Waals surface area contributed by atoms with Gasteiger partial charge in [-0.1, -0.05) is 0 Å². The average molecular weight is 377 g/mol. The number of hydrogen-bond acceptors (Lipinski definition) is 6. The molecule has 1 aliphatic heterocycles. The van der Waals surface area contributed by atoms with Gasteiger partial charge in [-0.05, 0) is 50.1 Å². The second-order valence-electron chi connectivity index (χ2n) is 6.26. The van der Waals surface area contributed by atoms with E-state index in [1.165, 1.54) is 0 Å². The predicted octanol–water partition coefficient (Wildman–Crippen LogP) is -0.817. The van der Waals surface area contributed by atoms with E-state index in [0.717, 1.165) is 11.8 Å². The summed E-state index contributed by atoms with van der Waals surface area (Å²) in [6.45, 7) is 3.37. The first-order valence-electron chi connectivity index (χ1n) is 7.73. The molecule has 26 heavy (non-hydrogen) atoms. The van der Waals surface area contributed by atoms with Crippen LogP contribution in [-0.4, -0.2) is 50.3 Å². The van der Waals surface area contributed by atoms with Crippen LogP contribution >= 0.6 is 11.8 Å². The number of amides is 1. The van der Waals surface area contributed by atoms with E-state index in [1.807, 2.05) is 0 Å². The quantitative estimate of drug-likeness (QED) is 0.422. The lowest BCUT2D eigenvalue weighted by molar-refractivity contribution is -0.307. The Morgan fingerprint density at radius 3 is 2.38 bits per heavy atom. The van der Waals surface area contributed by atoms with Crippen LogP contribution in [0.5, 0.6) is 0 Å². The summed E-state index contributed by atoms with van der Waals surface area (Å²) in [6.07, 6.45) is 9.55. The molecular formula is C17H17N2O6S-. The number of rotatable bonds is 7. The highest BCUT2D eigenvalue weighted by Crippen LogP contribution is 2.39. The van der Waals surface area contributed by atoms with E-state index >= 15 is 0 Å². The van der Waals surface area contributed by atoms with Crippen molar-refractivity contribution in [2.24, 2.45) is 0 Å². The SMILES string of the molecule is CC1(C)S[C@@H]([C@H](NC(=O)CCC([O-])=C2[C]=[C][C]=[C]2)C(=O)O)N[C@H]1C(=O)O. The molecule has 2 aliphatic rings. The van der Waals surface area contributed by atoms with Crippen LogP contribution in [0.3, 0.4) is 0 Å². The van der Waals surface area contributed by atoms with E-state index in [9.17, 15) is 29.7 Å². The van der Waals surface area contributed by atoms with E-state index in [1.54, 1.807) is 13.8 Å². The molecule has 138 valence electrons. The number of thioether (sulfide) groups is 1. The summed E-state index contributed by atoms with van der Waals surface area (Å²) in [5.41, 5.74) is 0.145. The van der Waals surface area contributed by atoms with Crippen molar-refractivity contribution in [3.63, 3.8) is 0 Å². The molecule has 0 unspecified atom stereocenters. The van der Waals surface area contributed by atoms with Crippen LogP contribution in [0, 0.1) is 24.3 Å². The van der Waals surface area contributed by atoms with Gasteiger partial charge in [0.25, 0.3) is 0 Å². The molecule has 9 heteroatoms. The van der Waals surface area contributed by atoms with Crippen molar-refractivity contribution in [2.45, 2.75) is 48.9 Å². The Balaban J connectivity index is 1.98. The number of allylic oxidation sites excluding steroid dienone is 6. The molecule has 0 aromatic carbocycles. The first-order chi connectivity index (χ1) is 12.1. The Hall–Kier alpha value is -2.26. The van der Waals surface area contributed by atoms with Gasteiger partial charge in [0.05, 0.1) is 5.37 Å². The Bertz CT molecular complexity index is 683. The fourth-order valence-electron chi connectivity index (χ4n) is 2.55. The van der Waals surface area contributed by atoms with Gasteiger partial charge >= 0.3 is 11.9 Å². The highest BCUT2D eigenvalue weighted by molar-refractivity contribution is 8.01. The molecule has 1 amide bonds. The van der Waals surface area contributed by atoms with Gasteiger partial charge in [-0.15, -0.1) is 17.5 Å². The third-order valence-electron chi connectivity index (χ3n) is 3.88. The second-order valence-corrected chi connectivity index (χ2v) is 8.06. The molecule has 8 nitrogen and oxygen atoms in total. The van der Waals surface area contributed by atoms with E-state index < -0.39 is 40.1 Å². The van der Waals surface area contributed by atoms with Gasteiger partial charge in [0, 0.05) is 11.2 Å². The molecule has 0 aromatic heterocycles. The topological polar surface area (TPSA) is 139 Å². The minimum Gasteiger partial charge on any atom is -0.875 e. The van der Waals surface area contributed by atoms with E-state index in [2.05, 4.69) is 34.9 Å². The van der Waals surface area contributed by atoms with Crippen LogP contribution in [0.15, 0.2) is 11.3 Å². The largest absolute Gasteiger partial charge is 0.875 e. The van der Waals surface area contributed by atoms with Gasteiger partial charge in [-0.25, -0.2) is 4.79 Å². The summed E-state index contributed by atoms with van der Waals surface area (Å²) in [5, 5.41) is 34.7. The molecule has 0 bridgehead atoms. The van der Waals surface area contributed by atoms with Crippen molar-refractivity contribution in [1.82, 2.24) is 10.6 Å². The van der Waals surface area contributed by atoms with Crippen molar-refractivity contribution in [2.75, 3.05) is 0 Å². The van der Waals surface area contributed by atoms with Crippen LogP contribution in [-0.2, 0) is 14.4 Å². The summed E-state index contributed by atoms with van der Waals surface area (Å²) in [4.78, 5) is 34.9. The van der Waals surface area contributed by atoms with E-state index in [-0.39, 0.29) is 24.2 Å². The lowest BCUT2D eigenvalue weighted by atomic mass is 10.0. The number of hydrogen-bond donors (Lipinski definition) is 4. The fraction of sp³-hybridized carbons (Fsp3) is 0.471. The summed E-state index contributed by atoms with van der Waals surface area (Å²) >= 11 is 1.13.